The molecule has 8 nitrogen and oxygen atoms in total. The molecule has 1 aromatic heterocycles. The van der Waals surface area contributed by atoms with Crippen molar-refractivity contribution in [3.63, 3.8) is 0 Å². The first-order valence-electron chi connectivity index (χ1n) is 6.66. The Kier molecular flexibility index (Phi) is 4.69. The third-order valence-corrected chi connectivity index (χ3v) is 3.25. The van der Waals surface area contributed by atoms with Crippen molar-refractivity contribution >= 4 is 17.5 Å². The first-order valence-corrected chi connectivity index (χ1v) is 6.66. The molecule has 1 saturated carbocycles. The van der Waals surface area contributed by atoms with Crippen molar-refractivity contribution in [1.82, 2.24) is 4.98 Å². The number of anilines is 1. The van der Waals surface area contributed by atoms with Gasteiger partial charge in [0.15, 0.2) is 5.69 Å². The van der Waals surface area contributed by atoms with Crippen LogP contribution in [-0.2, 0) is 4.74 Å². The van der Waals surface area contributed by atoms with Gasteiger partial charge in [-0.25, -0.2) is 9.78 Å². The number of carboxylic acids is 1. The lowest BCUT2D eigenvalue weighted by Gasteiger charge is -2.18. The van der Waals surface area contributed by atoms with Gasteiger partial charge in [-0.05, 0) is 24.8 Å². The summed E-state index contributed by atoms with van der Waals surface area (Å²) in [5.41, 5.74) is -0.439. The van der Waals surface area contributed by atoms with Crippen LogP contribution in [0.4, 0.5) is 11.5 Å². The summed E-state index contributed by atoms with van der Waals surface area (Å²) in [4.78, 5) is 26.7. The van der Waals surface area contributed by atoms with E-state index >= 15 is 0 Å². The van der Waals surface area contributed by atoms with Crippen LogP contribution in [0.1, 0.15) is 23.3 Å². The monoisotopic (exact) mass is 295 g/mol. The Morgan fingerprint density at radius 3 is 2.86 bits per heavy atom. The number of carbonyl (C=O) groups is 1. The Morgan fingerprint density at radius 1 is 1.57 bits per heavy atom. The molecule has 21 heavy (non-hydrogen) atoms. The molecule has 0 unspecified atom stereocenters. The second-order valence-corrected chi connectivity index (χ2v) is 5.04. The van der Waals surface area contributed by atoms with Gasteiger partial charge in [0.25, 0.3) is 0 Å². The number of pyridine rings is 1. The maximum absolute atomic E-state index is 11.0. The fourth-order valence-electron chi connectivity index (χ4n) is 1.83. The van der Waals surface area contributed by atoms with Gasteiger partial charge >= 0.3 is 11.7 Å². The van der Waals surface area contributed by atoms with Crippen molar-refractivity contribution in [1.29, 1.82) is 0 Å². The standard InChI is InChI=1S/C13H17N3O5/c1-15(6-7-21-8-9-2-3-9)12-11(16(19)20)5-4-10(14-12)13(17)18/h4-5,9H,2-3,6-8H2,1H3,(H,17,18). The van der Waals surface area contributed by atoms with E-state index in [0.717, 1.165) is 12.1 Å². The van der Waals surface area contributed by atoms with Crippen molar-refractivity contribution in [3.05, 3.63) is 27.9 Å². The highest BCUT2D eigenvalue weighted by molar-refractivity contribution is 5.86. The molecule has 1 aliphatic rings. The number of nitro groups is 1. The number of nitrogens with zero attached hydrogens (tertiary/aromatic N) is 3. The lowest BCUT2D eigenvalue weighted by atomic mass is 10.3. The average Bonchev–Trinajstić information content (AvgIpc) is 3.26. The van der Waals surface area contributed by atoms with E-state index in [2.05, 4.69) is 4.98 Å². The molecule has 1 aliphatic carbocycles. The number of rotatable bonds is 8. The molecule has 0 aromatic carbocycles. The van der Waals surface area contributed by atoms with Gasteiger partial charge in [-0.1, -0.05) is 0 Å². The van der Waals surface area contributed by atoms with Crippen LogP contribution in [0.2, 0.25) is 0 Å². The van der Waals surface area contributed by atoms with Crippen molar-refractivity contribution < 1.29 is 19.6 Å². The van der Waals surface area contributed by atoms with Crippen LogP contribution in [-0.4, -0.2) is 47.8 Å². The zero-order valence-corrected chi connectivity index (χ0v) is 11.7. The van der Waals surface area contributed by atoms with Gasteiger partial charge in [-0.15, -0.1) is 0 Å². The SMILES string of the molecule is CN(CCOCC1CC1)c1nc(C(=O)O)ccc1[N+](=O)[O-]. The summed E-state index contributed by atoms with van der Waals surface area (Å²) in [5, 5.41) is 19.9. The number of aromatic carboxylic acids is 1. The minimum atomic E-state index is -1.22. The molecule has 1 N–H and O–H groups in total. The highest BCUT2D eigenvalue weighted by Crippen LogP contribution is 2.29. The quantitative estimate of drug-likeness (QED) is 0.440. The molecule has 1 heterocycles. The van der Waals surface area contributed by atoms with Crippen molar-refractivity contribution in [2.45, 2.75) is 12.8 Å². The lowest BCUT2D eigenvalue weighted by molar-refractivity contribution is -0.384. The first-order chi connectivity index (χ1) is 9.99. The van der Waals surface area contributed by atoms with E-state index in [1.54, 1.807) is 7.05 Å². The highest BCUT2D eigenvalue weighted by atomic mass is 16.6. The molecule has 0 atom stereocenters. The molecule has 2 rings (SSSR count). The van der Waals surface area contributed by atoms with E-state index in [1.807, 2.05) is 0 Å². The second-order valence-electron chi connectivity index (χ2n) is 5.04. The van der Waals surface area contributed by atoms with Crippen LogP contribution < -0.4 is 4.90 Å². The molecule has 0 aliphatic heterocycles. The summed E-state index contributed by atoms with van der Waals surface area (Å²) >= 11 is 0. The zero-order valence-electron chi connectivity index (χ0n) is 11.7. The van der Waals surface area contributed by atoms with E-state index in [1.165, 1.54) is 17.7 Å². The fraction of sp³-hybridized carbons (Fsp3) is 0.538. The van der Waals surface area contributed by atoms with Crippen molar-refractivity contribution in [2.24, 2.45) is 5.92 Å². The van der Waals surface area contributed by atoms with Crippen LogP contribution in [0.3, 0.4) is 0 Å². The number of ether oxygens (including phenoxy) is 1. The third kappa shape index (κ3) is 4.12. The van der Waals surface area contributed by atoms with Gasteiger partial charge in [0.2, 0.25) is 5.82 Å². The predicted molar refractivity (Wildman–Crippen MR) is 74.7 cm³/mol. The van der Waals surface area contributed by atoms with Gasteiger partial charge in [-0.3, -0.25) is 10.1 Å². The molecule has 8 heteroatoms. The maximum Gasteiger partial charge on any atom is 0.354 e. The van der Waals surface area contributed by atoms with Crippen LogP contribution >= 0.6 is 0 Å². The number of likely N-dealkylation sites (N-methyl/N-ethyl adjacent to an activating group) is 1. The molecular formula is C13H17N3O5. The smallest absolute Gasteiger partial charge is 0.354 e. The van der Waals surface area contributed by atoms with Crippen LogP contribution in [0, 0.1) is 16.0 Å². The summed E-state index contributed by atoms with van der Waals surface area (Å²) in [6, 6.07) is 2.29. The number of hydrogen-bond donors (Lipinski definition) is 1. The van der Waals surface area contributed by atoms with Gasteiger partial charge < -0.3 is 14.7 Å². The van der Waals surface area contributed by atoms with E-state index in [9.17, 15) is 14.9 Å². The average molecular weight is 295 g/mol. The summed E-state index contributed by atoms with van der Waals surface area (Å²) < 4.78 is 5.47. The molecule has 0 bridgehead atoms. The third-order valence-electron chi connectivity index (χ3n) is 3.25. The van der Waals surface area contributed by atoms with Crippen molar-refractivity contribution in [2.75, 3.05) is 31.7 Å². The van der Waals surface area contributed by atoms with Crippen LogP contribution in [0.15, 0.2) is 12.1 Å². The van der Waals surface area contributed by atoms with Gasteiger partial charge in [0, 0.05) is 26.3 Å². The minimum Gasteiger partial charge on any atom is -0.477 e. The highest BCUT2D eigenvalue weighted by Gasteiger charge is 2.23. The van der Waals surface area contributed by atoms with Gasteiger partial charge in [0.1, 0.15) is 0 Å². The Labute approximate surface area is 121 Å². The first kappa shape index (κ1) is 15.2. The molecule has 0 saturated heterocycles. The number of carboxylic acid groups (broad SMARTS) is 1. The topological polar surface area (TPSA) is 106 Å². The predicted octanol–water partition coefficient (Wildman–Crippen LogP) is 1.55. The molecule has 0 amide bonds. The lowest BCUT2D eigenvalue weighted by Crippen LogP contribution is -2.25. The summed E-state index contributed by atoms with van der Waals surface area (Å²) in [6.07, 6.45) is 2.40. The molecule has 1 aromatic rings. The minimum absolute atomic E-state index is 0.0370. The van der Waals surface area contributed by atoms with E-state index in [0.29, 0.717) is 25.7 Å². The largest absolute Gasteiger partial charge is 0.477 e. The molecular weight excluding hydrogens is 278 g/mol. The Balaban J connectivity index is 2.04. The van der Waals surface area contributed by atoms with Crippen LogP contribution in [0.5, 0.6) is 0 Å². The van der Waals surface area contributed by atoms with E-state index < -0.39 is 10.9 Å². The molecule has 0 spiro atoms. The number of hydrogen-bond acceptors (Lipinski definition) is 6. The Bertz CT molecular complexity index is 545. The second kappa shape index (κ2) is 6.49. The normalized spacial score (nSPS) is 14.0. The summed E-state index contributed by atoms with van der Waals surface area (Å²) in [7, 11) is 1.63. The molecule has 0 radical (unpaired) electrons. The Hall–Kier alpha value is -2.22. The Morgan fingerprint density at radius 2 is 2.29 bits per heavy atom. The summed E-state index contributed by atoms with van der Waals surface area (Å²) in [6.45, 7) is 1.53. The zero-order chi connectivity index (χ0) is 15.4. The van der Waals surface area contributed by atoms with Gasteiger partial charge in [0.05, 0.1) is 11.5 Å². The maximum atomic E-state index is 11.0. The molecule has 1 fully saturated rings. The van der Waals surface area contributed by atoms with Gasteiger partial charge in [-0.2, -0.15) is 0 Å². The summed E-state index contributed by atoms with van der Waals surface area (Å²) in [5.74, 6) is -0.530. The number of aromatic nitrogens is 1. The van der Waals surface area contributed by atoms with Crippen molar-refractivity contribution in [3.8, 4) is 0 Å². The molecule has 114 valence electrons. The van der Waals surface area contributed by atoms with E-state index in [4.69, 9.17) is 9.84 Å². The fourth-order valence-corrected chi connectivity index (χ4v) is 1.83. The van der Waals surface area contributed by atoms with Crippen LogP contribution in [0.25, 0.3) is 0 Å². The van der Waals surface area contributed by atoms with E-state index in [-0.39, 0.29) is 17.2 Å².